The number of carbonyl (C=O) groups is 2. The first-order valence-corrected chi connectivity index (χ1v) is 7.87. The van der Waals surface area contributed by atoms with E-state index in [2.05, 4.69) is 10.6 Å². The van der Waals surface area contributed by atoms with E-state index in [1.165, 1.54) is 7.11 Å². The highest BCUT2D eigenvalue weighted by molar-refractivity contribution is 5.95. The van der Waals surface area contributed by atoms with E-state index in [4.69, 9.17) is 9.47 Å². The maximum Gasteiger partial charge on any atom is 0.262 e. The maximum atomic E-state index is 12.1. The standard InChI is InChI=1S/C19H22N2O4/c1-13-6-4-7-14(2)19(13)25-12-18(23)21-16-9-5-8-15(10-16)20-17(22)11-24-3/h4-10H,11-12H2,1-3H3,(H,20,22)(H,21,23). The normalized spacial score (nSPS) is 10.2. The Morgan fingerprint density at radius 3 is 1.96 bits per heavy atom. The van der Waals surface area contributed by atoms with Crippen LogP contribution in [0, 0.1) is 13.8 Å². The summed E-state index contributed by atoms with van der Waals surface area (Å²) in [4.78, 5) is 23.6. The average molecular weight is 342 g/mol. The van der Waals surface area contributed by atoms with E-state index in [0.717, 1.165) is 16.9 Å². The molecule has 6 nitrogen and oxygen atoms in total. The van der Waals surface area contributed by atoms with Crippen LogP contribution in [-0.4, -0.2) is 32.1 Å². The first-order valence-electron chi connectivity index (χ1n) is 7.87. The van der Waals surface area contributed by atoms with Gasteiger partial charge in [0.2, 0.25) is 5.91 Å². The van der Waals surface area contributed by atoms with Gasteiger partial charge in [-0.2, -0.15) is 0 Å². The molecule has 0 unspecified atom stereocenters. The smallest absolute Gasteiger partial charge is 0.262 e. The molecule has 0 aliphatic carbocycles. The van der Waals surface area contributed by atoms with Gasteiger partial charge in [0.1, 0.15) is 12.4 Å². The Balaban J connectivity index is 1.93. The van der Waals surface area contributed by atoms with Gasteiger partial charge in [0, 0.05) is 18.5 Å². The van der Waals surface area contributed by atoms with Gasteiger partial charge < -0.3 is 20.1 Å². The number of rotatable bonds is 7. The fraction of sp³-hybridized carbons (Fsp3) is 0.263. The number of carbonyl (C=O) groups excluding carboxylic acids is 2. The zero-order valence-corrected chi connectivity index (χ0v) is 14.6. The Morgan fingerprint density at radius 2 is 1.40 bits per heavy atom. The third kappa shape index (κ3) is 5.61. The maximum absolute atomic E-state index is 12.1. The van der Waals surface area contributed by atoms with Crippen molar-refractivity contribution < 1.29 is 19.1 Å². The Morgan fingerprint density at radius 1 is 0.880 bits per heavy atom. The Bertz CT molecular complexity index is 739. The van der Waals surface area contributed by atoms with Crippen molar-refractivity contribution in [2.24, 2.45) is 0 Å². The molecule has 2 aromatic carbocycles. The van der Waals surface area contributed by atoms with Crippen LogP contribution in [0.3, 0.4) is 0 Å². The minimum absolute atomic E-state index is 0.0276. The molecule has 0 fully saturated rings. The summed E-state index contributed by atoms with van der Waals surface area (Å²) >= 11 is 0. The summed E-state index contributed by atoms with van der Waals surface area (Å²) in [5, 5.41) is 5.43. The molecule has 0 saturated carbocycles. The van der Waals surface area contributed by atoms with Crippen molar-refractivity contribution in [3.05, 3.63) is 53.6 Å². The summed E-state index contributed by atoms with van der Waals surface area (Å²) in [6.45, 7) is 3.75. The van der Waals surface area contributed by atoms with E-state index < -0.39 is 0 Å². The van der Waals surface area contributed by atoms with Crippen LogP contribution in [-0.2, 0) is 14.3 Å². The second-order valence-electron chi connectivity index (χ2n) is 5.62. The molecular formula is C19H22N2O4. The molecule has 25 heavy (non-hydrogen) atoms. The van der Waals surface area contributed by atoms with Crippen LogP contribution in [0.5, 0.6) is 5.75 Å². The lowest BCUT2D eigenvalue weighted by Crippen LogP contribution is -2.21. The molecular weight excluding hydrogens is 320 g/mol. The molecule has 2 amide bonds. The van der Waals surface area contributed by atoms with E-state index in [1.54, 1.807) is 24.3 Å². The summed E-state index contributed by atoms with van der Waals surface area (Å²) in [6, 6.07) is 12.7. The minimum atomic E-state index is -0.275. The number of amides is 2. The lowest BCUT2D eigenvalue weighted by molar-refractivity contribution is -0.119. The van der Waals surface area contributed by atoms with Crippen molar-refractivity contribution >= 4 is 23.2 Å². The van der Waals surface area contributed by atoms with E-state index in [-0.39, 0.29) is 25.0 Å². The van der Waals surface area contributed by atoms with Gasteiger partial charge in [0.15, 0.2) is 6.61 Å². The van der Waals surface area contributed by atoms with Crippen LogP contribution in [0.1, 0.15) is 11.1 Å². The molecule has 0 heterocycles. The first-order chi connectivity index (χ1) is 12.0. The van der Waals surface area contributed by atoms with Crippen LogP contribution in [0.25, 0.3) is 0 Å². The highest BCUT2D eigenvalue weighted by Gasteiger charge is 2.08. The molecule has 0 aromatic heterocycles. The van der Waals surface area contributed by atoms with Gasteiger partial charge in [-0.25, -0.2) is 0 Å². The number of methoxy groups -OCH3 is 1. The molecule has 0 spiro atoms. The van der Waals surface area contributed by atoms with E-state index >= 15 is 0 Å². The molecule has 0 atom stereocenters. The average Bonchev–Trinajstić information content (AvgIpc) is 2.55. The largest absolute Gasteiger partial charge is 0.483 e. The first kappa shape index (κ1) is 18.5. The second kappa shape index (κ2) is 8.84. The Labute approximate surface area is 147 Å². The Kier molecular flexibility index (Phi) is 6.54. The van der Waals surface area contributed by atoms with E-state index in [1.807, 2.05) is 32.0 Å². The number of hydrogen-bond donors (Lipinski definition) is 2. The monoisotopic (exact) mass is 342 g/mol. The predicted octanol–water partition coefficient (Wildman–Crippen LogP) is 2.91. The summed E-state index contributed by atoms with van der Waals surface area (Å²) in [6.07, 6.45) is 0. The van der Waals surface area contributed by atoms with E-state index in [0.29, 0.717) is 11.4 Å². The molecule has 0 saturated heterocycles. The highest BCUT2D eigenvalue weighted by atomic mass is 16.5. The van der Waals surface area contributed by atoms with Gasteiger partial charge in [-0.05, 0) is 43.2 Å². The van der Waals surface area contributed by atoms with Gasteiger partial charge >= 0.3 is 0 Å². The van der Waals surface area contributed by atoms with Crippen LogP contribution >= 0.6 is 0 Å². The fourth-order valence-electron chi connectivity index (χ4n) is 2.36. The SMILES string of the molecule is COCC(=O)Nc1cccc(NC(=O)COc2c(C)cccc2C)c1. The van der Waals surface area contributed by atoms with Crippen molar-refractivity contribution in [3.63, 3.8) is 0 Å². The molecule has 2 aromatic rings. The van der Waals surface area contributed by atoms with Gasteiger partial charge in [0.05, 0.1) is 0 Å². The third-order valence-electron chi connectivity index (χ3n) is 3.46. The molecule has 0 radical (unpaired) electrons. The molecule has 0 aliphatic heterocycles. The molecule has 6 heteroatoms. The number of nitrogens with one attached hydrogen (secondary N) is 2. The van der Waals surface area contributed by atoms with Crippen molar-refractivity contribution in [2.75, 3.05) is 31.0 Å². The lowest BCUT2D eigenvalue weighted by Gasteiger charge is -2.12. The van der Waals surface area contributed by atoms with Crippen molar-refractivity contribution in [1.29, 1.82) is 0 Å². The van der Waals surface area contributed by atoms with Crippen LogP contribution in [0.15, 0.2) is 42.5 Å². The topological polar surface area (TPSA) is 76.7 Å². The molecule has 0 bridgehead atoms. The van der Waals surface area contributed by atoms with Gasteiger partial charge in [-0.3, -0.25) is 9.59 Å². The number of benzene rings is 2. The second-order valence-corrected chi connectivity index (χ2v) is 5.62. The van der Waals surface area contributed by atoms with Crippen LogP contribution in [0.2, 0.25) is 0 Å². The summed E-state index contributed by atoms with van der Waals surface area (Å²) in [5.41, 5.74) is 3.12. The fourth-order valence-corrected chi connectivity index (χ4v) is 2.36. The lowest BCUT2D eigenvalue weighted by atomic mass is 10.1. The number of ether oxygens (including phenoxy) is 2. The van der Waals surface area contributed by atoms with Gasteiger partial charge in [-0.15, -0.1) is 0 Å². The predicted molar refractivity (Wildman–Crippen MR) is 97.0 cm³/mol. The summed E-state index contributed by atoms with van der Waals surface area (Å²) < 4.78 is 10.4. The summed E-state index contributed by atoms with van der Waals surface area (Å²) in [7, 11) is 1.45. The number of hydrogen-bond acceptors (Lipinski definition) is 4. The third-order valence-corrected chi connectivity index (χ3v) is 3.46. The number of para-hydroxylation sites is 1. The van der Waals surface area contributed by atoms with E-state index in [9.17, 15) is 9.59 Å². The number of anilines is 2. The summed E-state index contributed by atoms with van der Waals surface area (Å²) in [5.74, 6) is 0.186. The van der Waals surface area contributed by atoms with Gasteiger partial charge in [0.25, 0.3) is 5.91 Å². The molecule has 2 rings (SSSR count). The van der Waals surface area contributed by atoms with Crippen molar-refractivity contribution in [1.82, 2.24) is 0 Å². The molecule has 2 N–H and O–H groups in total. The van der Waals surface area contributed by atoms with Crippen molar-refractivity contribution in [2.45, 2.75) is 13.8 Å². The molecule has 132 valence electrons. The minimum Gasteiger partial charge on any atom is -0.483 e. The zero-order chi connectivity index (χ0) is 18.2. The highest BCUT2D eigenvalue weighted by Crippen LogP contribution is 2.22. The zero-order valence-electron chi connectivity index (χ0n) is 14.6. The number of aryl methyl sites for hydroxylation is 2. The molecule has 0 aliphatic rings. The van der Waals surface area contributed by atoms with Crippen LogP contribution < -0.4 is 15.4 Å². The van der Waals surface area contributed by atoms with Gasteiger partial charge in [-0.1, -0.05) is 24.3 Å². The van der Waals surface area contributed by atoms with Crippen molar-refractivity contribution in [3.8, 4) is 5.75 Å². The Hall–Kier alpha value is -2.86. The quantitative estimate of drug-likeness (QED) is 0.811. The van der Waals surface area contributed by atoms with Crippen LogP contribution in [0.4, 0.5) is 11.4 Å².